The van der Waals surface area contributed by atoms with Gasteiger partial charge in [-0.1, -0.05) is 17.7 Å². The molecule has 13 heavy (non-hydrogen) atoms. The van der Waals surface area contributed by atoms with E-state index in [9.17, 15) is 4.79 Å². The monoisotopic (exact) mass is 196 g/mol. The molecule has 0 fully saturated rings. The summed E-state index contributed by atoms with van der Waals surface area (Å²) in [5.74, 6) is 0. The average molecular weight is 197 g/mol. The molecule has 0 saturated heterocycles. The summed E-state index contributed by atoms with van der Waals surface area (Å²) >= 11 is 5.68. The van der Waals surface area contributed by atoms with Crippen molar-refractivity contribution in [3.8, 4) is 6.07 Å². The van der Waals surface area contributed by atoms with Gasteiger partial charge in [0.25, 0.3) is 0 Å². The quantitative estimate of drug-likeness (QED) is 0.724. The van der Waals surface area contributed by atoms with E-state index in [0.29, 0.717) is 0 Å². The number of rotatable bonds is 1. The lowest BCUT2D eigenvalue weighted by molar-refractivity contribution is 0.209. The molecule has 0 saturated carbocycles. The normalized spacial score (nSPS) is 8.92. The number of hydrogen-bond acceptors (Lipinski definition) is 2. The SMILES string of the molecule is N#Cc1cccc(Cl)c1NC(=O)O. The van der Waals surface area contributed by atoms with E-state index in [0.717, 1.165) is 0 Å². The Kier molecular flexibility index (Phi) is 2.72. The zero-order valence-corrected chi connectivity index (χ0v) is 7.17. The van der Waals surface area contributed by atoms with Gasteiger partial charge in [-0.3, -0.25) is 5.32 Å². The van der Waals surface area contributed by atoms with Crippen LogP contribution >= 0.6 is 11.6 Å². The fourth-order valence-corrected chi connectivity index (χ4v) is 1.07. The van der Waals surface area contributed by atoms with E-state index in [-0.39, 0.29) is 16.3 Å². The van der Waals surface area contributed by atoms with Gasteiger partial charge >= 0.3 is 6.09 Å². The minimum absolute atomic E-state index is 0.124. The number of carboxylic acid groups (broad SMARTS) is 1. The van der Waals surface area contributed by atoms with Crippen LogP contribution in [0.5, 0.6) is 0 Å². The van der Waals surface area contributed by atoms with Crippen LogP contribution in [-0.4, -0.2) is 11.2 Å². The lowest BCUT2D eigenvalue weighted by Gasteiger charge is -2.04. The third-order valence-electron chi connectivity index (χ3n) is 1.37. The van der Waals surface area contributed by atoms with Gasteiger partial charge in [0.2, 0.25) is 0 Å². The maximum absolute atomic E-state index is 10.3. The van der Waals surface area contributed by atoms with Crippen LogP contribution in [0.1, 0.15) is 5.56 Å². The Bertz CT molecular complexity index is 384. The summed E-state index contributed by atoms with van der Waals surface area (Å²) in [6, 6.07) is 6.40. The van der Waals surface area contributed by atoms with Gasteiger partial charge in [0, 0.05) is 0 Å². The predicted octanol–water partition coefficient (Wildman–Crippen LogP) is 2.30. The Morgan fingerprint density at radius 3 is 2.85 bits per heavy atom. The number of anilines is 1. The Hall–Kier alpha value is -1.73. The zero-order valence-electron chi connectivity index (χ0n) is 6.41. The van der Waals surface area contributed by atoms with Crippen LogP contribution in [0.2, 0.25) is 5.02 Å². The Balaban J connectivity index is 3.17. The van der Waals surface area contributed by atoms with E-state index >= 15 is 0 Å². The summed E-state index contributed by atoms with van der Waals surface area (Å²) in [7, 11) is 0. The molecule has 1 aromatic rings. The Labute approximate surface area is 79.4 Å². The Morgan fingerprint density at radius 2 is 2.31 bits per heavy atom. The fourth-order valence-electron chi connectivity index (χ4n) is 0.851. The van der Waals surface area contributed by atoms with E-state index in [4.69, 9.17) is 22.0 Å². The molecule has 0 heterocycles. The first-order valence-electron chi connectivity index (χ1n) is 3.33. The second-order valence-electron chi connectivity index (χ2n) is 2.20. The maximum Gasteiger partial charge on any atom is 0.409 e. The predicted molar refractivity (Wildman–Crippen MR) is 47.8 cm³/mol. The summed E-state index contributed by atoms with van der Waals surface area (Å²) in [4.78, 5) is 10.3. The first kappa shape index (κ1) is 9.36. The van der Waals surface area contributed by atoms with Crippen molar-refractivity contribution in [3.05, 3.63) is 28.8 Å². The number of nitrogens with one attached hydrogen (secondary N) is 1. The first-order chi connectivity index (χ1) is 6.15. The first-order valence-corrected chi connectivity index (χ1v) is 3.71. The number of carbonyl (C=O) groups is 1. The molecule has 4 nitrogen and oxygen atoms in total. The minimum Gasteiger partial charge on any atom is -0.465 e. The number of para-hydroxylation sites is 1. The van der Waals surface area contributed by atoms with Crippen LogP contribution in [0.4, 0.5) is 10.5 Å². The number of benzene rings is 1. The van der Waals surface area contributed by atoms with Crippen molar-refractivity contribution in [1.82, 2.24) is 0 Å². The van der Waals surface area contributed by atoms with E-state index in [2.05, 4.69) is 5.32 Å². The molecule has 1 aromatic carbocycles. The summed E-state index contributed by atoms with van der Waals surface area (Å²) < 4.78 is 0. The number of halogens is 1. The molecule has 0 atom stereocenters. The standard InChI is InChI=1S/C8H5ClN2O2/c9-6-3-1-2-5(4-10)7(6)11-8(12)13/h1-3,11H,(H,12,13). The zero-order chi connectivity index (χ0) is 9.84. The van der Waals surface area contributed by atoms with Crippen LogP contribution in [0.15, 0.2) is 18.2 Å². The highest BCUT2D eigenvalue weighted by atomic mass is 35.5. The molecule has 0 radical (unpaired) electrons. The van der Waals surface area contributed by atoms with Crippen molar-refractivity contribution >= 4 is 23.4 Å². The highest BCUT2D eigenvalue weighted by molar-refractivity contribution is 6.33. The van der Waals surface area contributed by atoms with Crippen molar-refractivity contribution in [2.75, 3.05) is 5.32 Å². The number of amides is 1. The number of nitrogens with zero attached hydrogens (tertiary/aromatic N) is 1. The topological polar surface area (TPSA) is 73.1 Å². The van der Waals surface area contributed by atoms with E-state index in [1.54, 1.807) is 6.07 Å². The van der Waals surface area contributed by atoms with Gasteiger partial charge in [0.05, 0.1) is 16.3 Å². The average Bonchev–Trinajstić information content (AvgIpc) is 2.08. The van der Waals surface area contributed by atoms with Crippen molar-refractivity contribution in [2.45, 2.75) is 0 Å². The summed E-state index contributed by atoms with van der Waals surface area (Å²) in [6.07, 6.45) is -1.25. The molecule has 0 unspecified atom stereocenters. The number of nitriles is 1. The molecule has 1 amide bonds. The van der Waals surface area contributed by atoms with Crippen molar-refractivity contribution in [3.63, 3.8) is 0 Å². The van der Waals surface area contributed by atoms with E-state index < -0.39 is 6.09 Å². The molecular weight excluding hydrogens is 192 g/mol. The van der Waals surface area contributed by atoms with Crippen molar-refractivity contribution in [1.29, 1.82) is 5.26 Å². The molecule has 0 aromatic heterocycles. The highest BCUT2D eigenvalue weighted by Crippen LogP contribution is 2.24. The van der Waals surface area contributed by atoms with Crippen LogP contribution in [-0.2, 0) is 0 Å². The molecule has 5 heteroatoms. The molecule has 0 bridgehead atoms. The van der Waals surface area contributed by atoms with Gasteiger partial charge in [-0.25, -0.2) is 4.79 Å². The minimum atomic E-state index is -1.25. The van der Waals surface area contributed by atoms with Gasteiger partial charge in [-0.05, 0) is 12.1 Å². The second-order valence-corrected chi connectivity index (χ2v) is 2.61. The van der Waals surface area contributed by atoms with Gasteiger partial charge in [-0.15, -0.1) is 0 Å². The van der Waals surface area contributed by atoms with Gasteiger partial charge < -0.3 is 5.11 Å². The summed E-state index contributed by atoms with van der Waals surface area (Å²) in [6.45, 7) is 0. The summed E-state index contributed by atoms with van der Waals surface area (Å²) in [5.41, 5.74) is 0.328. The largest absolute Gasteiger partial charge is 0.465 e. The third kappa shape index (κ3) is 2.10. The van der Waals surface area contributed by atoms with Gasteiger partial charge in [0.15, 0.2) is 0 Å². The van der Waals surface area contributed by atoms with Crippen LogP contribution in [0.25, 0.3) is 0 Å². The molecule has 0 spiro atoms. The van der Waals surface area contributed by atoms with Crippen LogP contribution in [0, 0.1) is 11.3 Å². The van der Waals surface area contributed by atoms with Crippen molar-refractivity contribution < 1.29 is 9.90 Å². The second kappa shape index (κ2) is 3.78. The molecule has 0 aliphatic rings. The van der Waals surface area contributed by atoms with Crippen LogP contribution < -0.4 is 5.32 Å². The highest BCUT2D eigenvalue weighted by Gasteiger charge is 2.08. The lowest BCUT2D eigenvalue weighted by atomic mass is 10.2. The summed E-state index contributed by atoms with van der Waals surface area (Å²) in [5, 5.41) is 19.3. The molecule has 1 rings (SSSR count). The van der Waals surface area contributed by atoms with E-state index in [1.165, 1.54) is 12.1 Å². The number of hydrogen-bond donors (Lipinski definition) is 2. The molecule has 2 N–H and O–H groups in total. The third-order valence-corrected chi connectivity index (χ3v) is 1.68. The lowest BCUT2D eigenvalue weighted by Crippen LogP contribution is -2.09. The smallest absolute Gasteiger partial charge is 0.409 e. The van der Waals surface area contributed by atoms with Gasteiger partial charge in [0.1, 0.15) is 6.07 Å². The molecule has 66 valence electrons. The molecule has 0 aliphatic heterocycles. The molecular formula is C8H5ClN2O2. The van der Waals surface area contributed by atoms with E-state index in [1.807, 2.05) is 6.07 Å². The van der Waals surface area contributed by atoms with Crippen LogP contribution in [0.3, 0.4) is 0 Å². The fraction of sp³-hybridized carbons (Fsp3) is 0. The van der Waals surface area contributed by atoms with Crippen molar-refractivity contribution in [2.24, 2.45) is 0 Å². The Morgan fingerprint density at radius 1 is 1.62 bits per heavy atom. The maximum atomic E-state index is 10.3. The van der Waals surface area contributed by atoms with Gasteiger partial charge in [-0.2, -0.15) is 5.26 Å². The molecule has 0 aliphatic carbocycles.